The van der Waals surface area contributed by atoms with Gasteiger partial charge in [-0.1, -0.05) is 0 Å². The number of thiazole rings is 1. The molecule has 0 aliphatic heterocycles. The predicted molar refractivity (Wildman–Crippen MR) is 74.6 cm³/mol. The van der Waals surface area contributed by atoms with Gasteiger partial charge in [0.2, 0.25) is 5.91 Å². The van der Waals surface area contributed by atoms with Crippen LogP contribution >= 0.6 is 11.3 Å². The van der Waals surface area contributed by atoms with Gasteiger partial charge < -0.3 is 5.32 Å². The van der Waals surface area contributed by atoms with Crippen LogP contribution in [0.1, 0.15) is 29.8 Å². The average Bonchev–Trinajstić information content (AvgIpc) is 3.06. The van der Waals surface area contributed by atoms with Crippen LogP contribution in [0.25, 0.3) is 0 Å². The van der Waals surface area contributed by atoms with Crippen LogP contribution in [-0.4, -0.2) is 20.7 Å². The number of rotatable bonds is 3. The second-order valence-electron chi connectivity index (χ2n) is 5.02. The SMILES string of the molecule is O=C(Cn1nc(C(F)(F)F)c2c1CCCC2)Nc1nccs1. The maximum absolute atomic E-state index is 13.0. The van der Waals surface area contributed by atoms with Crippen molar-refractivity contribution in [3.63, 3.8) is 0 Å². The van der Waals surface area contributed by atoms with Crippen LogP contribution in [0.15, 0.2) is 11.6 Å². The minimum absolute atomic E-state index is 0.237. The zero-order valence-electron chi connectivity index (χ0n) is 11.5. The number of hydrogen-bond donors (Lipinski definition) is 1. The summed E-state index contributed by atoms with van der Waals surface area (Å²) in [6, 6.07) is 0. The molecule has 1 N–H and O–H groups in total. The average molecular weight is 330 g/mol. The van der Waals surface area contributed by atoms with Gasteiger partial charge in [0, 0.05) is 22.8 Å². The lowest BCUT2D eigenvalue weighted by atomic mass is 9.95. The summed E-state index contributed by atoms with van der Waals surface area (Å²) < 4.78 is 40.3. The van der Waals surface area contributed by atoms with E-state index < -0.39 is 17.8 Å². The van der Waals surface area contributed by atoms with Gasteiger partial charge in [-0.3, -0.25) is 9.48 Å². The lowest BCUT2D eigenvalue weighted by Gasteiger charge is -2.14. The van der Waals surface area contributed by atoms with E-state index >= 15 is 0 Å². The van der Waals surface area contributed by atoms with Gasteiger partial charge in [-0.05, 0) is 25.7 Å². The van der Waals surface area contributed by atoms with Gasteiger partial charge in [0.25, 0.3) is 0 Å². The second-order valence-corrected chi connectivity index (χ2v) is 5.92. The van der Waals surface area contributed by atoms with Crippen molar-refractivity contribution in [3.05, 3.63) is 28.5 Å². The Morgan fingerprint density at radius 2 is 2.14 bits per heavy atom. The number of hydrogen-bond acceptors (Lipinski definition) is 4. The zero-order chi connectivity index (χ0) is 15.7. The molecule has 9 heteroatoms. The standard InChI is InChI=1S/C13H13F3N4OS/c14-13(15,16)11-8-3-1-2-4-9(8)20(19-11)7-10(21)18-12-17-5-6-22-12/h5-6H,1-4,7H2,(H,17,18,21). The van der Waals surface area contributed by atoms with Gasteiger partial charge in [0.1, 0.15) is 6.54 Å². The van der Waals surface area contributed by atoms with E-state index in [-0.39, 0.29) is 12.1 Å². The van der Waals surface area contributed by atoms with Gasteiger partial charge in [0.05, 0.1) is 0 Å². The van der Waals surface area contributed by atoms with Crippen molar-refractivity contribution in [1.82, 2.24) is 14.8 Å². The van der Waals surface area contributed by atoms with E-state index in [0.29, 0.717) is 30.1 Å². The highest BCUT2D eigenvalue weighted by Crippen LogP contribution is 2.35. The Morgan fingerprint density at radius 1 is 1.36 bits per heavy atom. The van der Waals surface area contributed by atoms with Gasteiger partial charge >= 0.3 is 6.18 Å². The number of nitrogens with one attached hydrogen (secondary N) is 1. The lowest BCUT2D eigenvalue weighted by molar-refractivity contribution is -0.142. The first-order valence-electron chi connectivity index (χ1n) is 6.80. The molecule has 0 saturated heterocycles. The van der Waals surface area contributed by atoms with Crippen LogP contribution in [0.5, 0.6) is 0 Å². The van der Waals surface area contributed by atoms with Crippen molar-refractivity contribution >= 4 is 22.4 Å². The van der Waals surface area contributed by atoms with Crippen molar-refractivity contribution in [1.29, 1.82) is 0 Å². The monoisotopic (exact) mass is 330 g/mol. The van der Waals surface area contributed by atoms with Crippen molar-refractivity contribution in [2.45, 2.75) is 38.4 Å². The molecule has 22 heavy (non-hydrogen) atoms. The van der Waals surface area contributed by atoms with E-state index in [4.69, 9.17) is 0 Å². The van der Waals surface area contributed by atoms with Crippen molar-refractivity contribution < 1.29 is 18.0 Å². The molecule has 0 radical (unpaired) electrons. The number of amides is 1. The summed E-state index contributed by atoms with van der Waals surface area (Å²) in [5.41, 5.74) is -0.0992. The van der Waals surface area contributed by atoms with Crippen LogP contribution in [0.4, 0.5) is 18.3 Å². The third-order valence-corrected chi connectivity index (χ3v) is 4.19. The highest BCUT2D eigenvalue weighted by Gasteiger charge is 2.39. The summed E-state index contributed by atoms with van der Waals surface area (Å²) in [6.45, 7) is -0.238. The quantitative estimate of drug-likeness (QED) is 0.941. The molecule has 1 amide bonds. The highest BCUT2D eigenvalue weighted by molar-refractivity contribution is 7.13. The molecule has 0 saturated carbocycles. The number of alkyl halides is 3. The molecule has 0 unspecified atom stereocenters. The molecule has 0 fully saturated rings. The topological polar surface area (TPSA) is 59.8 Å². The fourth-order valence-corrected chi connectivity index (χ4v) is 3.15. The van der Waals surface area contributed by atoms with E-state index in [2.05, 4.69) is 15.4 Å². The predicted octanol–water partition coefficient (Wildman–Crippen LogP) is 2.88. The van der Waals surface area contributed by atoms with Crippen LogP contribution in [0.3, 0.4) is 0 Å². The zero-order valence-corrected chi connectivity index (χ0v) is 12.3. The van der Waals surface area contributed by atoms with Gasteiger partial charge in [-0.25, -0.2) is 4.98 Å². The van der Waals surface area contributed by atoms with E-state index in [1.165, 1.54) is 22.2 Å². The smallest absolute Gasteiger partial charge is 0.300 e. The number of carbonyl (C=O) groups is 1. The van der Waals surface area contributed by atoms with E-state index in [0.717, 1.165) is 6.42 Å². The Hall–Kier alpha value is -1.90. The first kappa shape index (κ1) is 15.0. The second kappa shape index (κ2) is 5.71. The summed E-state index contributed by atoms with van der Waals surface area (Å²) in [5, 5.41) is 8.32. The lowest BCUT2D eigenvalue weighted by Crippen LogP contribution is -2.21. The molecule has 2 aromatic heterocycles. The fourth-order valence-electron chi connectivity index (χ4n) is 2.61. The molecule has 1 aliphatic rings. The molecule has 2 heterocycles. The maximum atomic E-state index is 13.0. The largest absolute Gasteiger partial charge is 0.435 e. The Kier molecular flexibility index (Phi) is 3.90. The normalized spacial score (nSPS) is 14.7. The molecule has 2 aromatic rings. The van der Waals surface area contributed by atoms with Crippen molar-refractivity contribution in [2.75, 3.05) is 5.32 Å². The Balaban J connectivity index is 1.84. The van der Waals surface area contributed by atoms with Crippen LogP contribution in [0, 0.1) is 0 Å². The molecule has 0 aromatic carbocycles. The number of aromatic nitrogens is 3. The number of fused-ring (bicyclic) bond motifs is 1. The Bertz CT molecular complexity index is 678. The number of anilines is 1. The first-order chi connectivity index (χ1) is 10.4. The van der Waals surface area contributed by atoms with E-state index in [9.17, 15) is 18.0 Å². The van der Waals surface area contributed by atoms with Gasteiger partial charge in [-0.2, -0.15) is 18.3 Å². The molecule has 3 rings (SSSR count). The first-order valence-corrected chi connectivity index (χ1v) is 7.68. The molecule has 118 valence electrons. The highest BCUT2D eigenvalue weighted by atomic mass is 32.1. The Morgan fingerprint density at radius 3 is 2.82 bits per heavy atom. The minimum atomic E-state index is -4.49. The van der Waals surface area contributed by atoms with E-state index in [1.807, 2.05) is 0 Å². The Labute approximate surface area is 128 Å². The summed E-state index contributed by atoms with van der Waals surface area (Å²) in [6.07, 6.45) is -0.547. The molecule has 5 nitrogen and oxygen atoms in total. The minimum Gasteiger partial charge on any atom is -0.300 e. The number of halogens is 3. The van der Waals surface area contributed by atoms with Gasteiger partial charge in [-0.15, -0.1) is 11.3 Å². The summed E-state index contributed by atoms with van der Waals surface area (Å²) in [7, 11) is 0. The molecular formula is C13H13F3N4OS. The van der Waals surface area contributed by atoms with Crippen molar-refractivity contribution in [3.8, 4) is 0 Å². The molecule has 0 bridgehead atoms. The fraction of sp³-hybridized carbons (Fsp3) is 0.462. The van der Waals surface area contributed by atoms with E-state index in [1.54, 1.807) is 5.38 Å². The van der Waals surface area contributed by atoms with Crippen LogP contribution in [-0.2, 0) is 30.4 Å². The maximum Gasteiger partial charge on any atom is 0.435 e. The molecular weight excluding hydrogens is 317 g/mol. The summed E-state index contributed by atoms with van der Waals surface area (Å²) in [5.74, 6) is -0.431. The van der Waals surface area contributed by atoms with Gasteiger partial charge in [0.15, 0.2) is 10.8 Å². The number of carbonyl (C=O) groups excluding carboxylic acids is 1. The third-order valence-electron chi connectivity index (χ3n) is 3.50. The molecule has 0 spiro atoms. The number of nitrogens with zero attached hydrogens (tertiary/aromatic N) is 3. The summed E-state index contributed by atoms with van der Waals surface area (Å²) >= 11 is 1.25. The van der Waals surface area contributed by atoms with Crippen LogP contribution in [0.2, 0.25) is 0 Å². The molecule has 1 aliphatic carbocycles. The molecule has 0 atom stereocenters. The van der Waals surface area contributed by atoms with Crippen molar-refractivity contribution in [2.24, 2.45) is 0 Å². The van der Waals surface area contributed by atoms with Crippen LogP contribution < -0.4 is 5.32 Å². The third kappa shape index (κ3) is 2.99. The summed E-state index contributed by atoms with van der Waals surface area (Å²) in [4.78, 5) is 15.8.